The zero-order valence-electron chi connectivity index (χ0n) is 10.4. The minimum atomic E-state index is -0.133. The maximum atomic E-state index is 11.9. The normalized spacial score (nSPS) is 13.6. The second-order valence-electron chi connectivity index (χ2n) is 3.91. The Morgan fingerprint density at radius 3 is 3.17 bits per heavy atom. The SMILES string of the molecule is CCOCCNC(=O)c1n[nH]c2c1CNCC2.Cl. The summed E-state index contributed by atoms with van der Waals surface area (Å²) in [4.78, 5) is 11.9. The van der Waals surface area contributed by atoms with Gasteiger partial charge in [-0.3, -0.25) is 9.89 Å². The number of aromatic nitrogens is 2. The van der Waals surface area contributed by atoms with Crippen LogP contribution in [0.2, 0.25) is 0 Å². The molecule has 0 atom stereocenters. The molecule has 2 heterocycles. The Morgan fingerprint density at radius 2 is 2.39 bits per heavy atom. The van der Waals surface area contributed by atoms with E-state index in [4.69, 9.17) is 4.74 Å². The number of hydrogen-bond donors (Lipinski definition) is 3. The van der Waals surface area contributed by atoms with E-state index in [9.17, 15) is 4.79 Å². The second kappa shape index (κ2) is 7.35. The van der Waals surface area contributed by atoms with Crippen LogP contribution in [0.4, 0.5) is 0 Å². The first-order valence-corrected chi connectivity index (χ1v) is 5.95. The summed E-state index contributed by atoms with van der Waals surface area (Å²) in [5.41, 5.74) is 2.56. The first-order chi connectivity index (χ1) is 8.33. The van der Waals surface area contributed by atoms with Gasteiger partial charge < -0.3 is 15.4 Å². The maximum absolute atomic E-state index is 11.9. The molecule has 3 N–H and O–H groups in total. The van der Waals surface area contributed by atoms with Crippen molar-refractivity contribution in [2.75, 3.05) is 26.3 Å². The van der Waals surface area contributed by atoms with E-state index in [1.165, 1.54) is 0 Å². The average molecular weight is 275 g/mol. The lowest BCUT2D eigenvalue weighted by molar-refractivity contribution is 0.0916. The number of fused-ring (bicyclic) bond motifs is 1. The van der Waals surface area contributed by atoms with Gasteiger partial charge in [-0.1, -0.05) is 0 Å². The van der Waals surface area contributed by atoms with E-state index in [2.05, 4.69) is 20.8 Å². The smallest absolute Gasteiger partial charge is 0.272 e. The Hall–Kier alpha value is -1.11. The van der Waals surface area contributed by atoms with Gasteiger partial charge in [0.2, 0.25) is 0 Å². The molecule has 0 radical (unpaired) electrons. The van der Waals surface area contributed by atoms with Gasteiger partial charge in [0, 0.05) is 43.9 Å². The van der Waals surface area contributed by atoms with Crippen molar-refractivity contribution in [3.8, 4) is 0 Å². The van der Waals surface area contributed by atoms with Crippen molar-refractivity contribution in [1.82, 2.24) is 20.8 Å². The van der Waals surface area contributed by atoms with Crippen molar-refractivity contribution >= 4 is 18.3 Å². The van der Waals surface area contributed by atoms with Gasteiger partial charge in [-0.2, -0.15) is 5.10 Å². The van der Waals surface area contributed by atoms with E-state index in [1.807, 2.05) is 6.92 Å². The highest BCUT2D eigenvalue weighted by atomic mass is 35.5. The Balaban J connectivity index is 0.00000162. The van der Waals surface area contributed by atoms with Crippen LogP contribution in [-0.4, -0.2) is 42.4 Å². The molecule has 18 heavy (non-hydrogen) atoms. The molecule has 1 aromatic heterocycles. The summed E-state index contributed by atoms with van der Waals surface area (Å²) in [6.45, 7) is 5.28. The first kappa shape index (κ1) is 14.9. The van der Waals surface area contributed by atoms with Gasteiger partial charge in [-0.05, 0) is 6.92 Å². The predicted octanol–water partition coefficient (Wildman–Crippen LogP) is 0.243. The summed E-state index contributed by atoms with van der Waals surface area (Å²) in [5.74, 6) is -0.133. The molecule has 0 fully saturated rings. The van der Waals surface area contributed by atoms with Crippen molar-refractivity contribution in [3.05, 3.63) is 17.0 Å². The number of H-pyrrole nitrogens is 1. The van der Waals surface area contributed by atoms with E-state index in [1.54, 1.807) is 0 Å². The quantitative estimate of drug-likeness (QED) is 0.672. The van der Waals surface area contributed by atoms with Crippen LogP contribution < -0.4 is 10.6 Å². The third-order valence-electron chi connectivity index (χ3n) is 2.76. The minimum Gasteiger partial charge on any atom is -0.380 e. The van der Waals surface area contributed by atoms with Crippen LogP contribution in [-0.2, 0) is 17.7 Å². The number of aromatic amines is 1. The fourth-order valence-electron chi connectivity index (χ4n) is 1.88. The summed E-state index contributed by atoms with van der Waals surface area (Å²) in [5, 5.41) is 13.0. The summed E-state index contributed by atoms with van der Waals surface area (Å²) in [6.07, 6.45) is 0.897. The molecular formula is C11H19ClN4O2. The fraction of sp³-hybridized carbons (Fsp3) is 0.636. The van der Waals surface area contributed by atoms with Crippen LogP contribution >= 0.6 is 12.4 Å². The molecule has 1 aromatic rings. The lowest BCUT2D eigenvalue weighted by Crippen LogP contribution is -2.30. The lowest BCUT2D eigenvalue weighted by atomic mass is 10.1. The van der Waals surface area contributed by atoms with Gasteiger partial charge in [0.05, 0.1) is 6.61 Å². The molecular weight excluding hydrogens is 256 g/mol. The Bertz CT molecular complexity index is 394. The molecule has 0 saturated heterocycles. The zero-order valence-corrected chi connectivity index (χ0v) is 11.2. The minimum absolute atomic E-state index is 0. The molecule has 0 saturated carbocycles. The van der Waals surface area contributed by atoms with Crippen molar-refractivity contribution in [1.29, 1.82) is 0 Å². The monoisotopic (exact) mass is 274 g/mol. The summed E-state index contributed by atoms with van der Waals surface area (Å²) < 4.78 is 5.16. The first-order valence-electron chi connectivity index (χ1n) is 5.95. The summed E-state index contributed by atoms with van der Waals surface area (Å²) in [7, 11) is 0. The zero-order chi connectivity index (χ0) is 12.1. The number of nitrogens with zero attached hydrogens (tertiary/aromatic N) is 1. The van der Waals surface area contributed by atoms with Gasteiger partial charge in [-0.15, -0.1) is 12.4 Å². The van der Waals surface area contributed by atoms with E-state index < -0.39 is 0 Å². The number of amides is 1. The standard InChI is InChI=1S/C11H18N4O2.ClH/c1-2-17-6-5-13-11(16)10-8-7-12-4-3-9(8)14-15-10;/h12H,2-7H2,1H3,(H,13,16)(H,14,15);1H. The van der Waals surface area contributed by atoms with E-state index >= 15 is 0 Å². The molecule has 1 aliphatic heterocycles. The Labute approximate surface area is 112 Å². The Kier molecular flexibility index (Phi) is 6.11. The molecule has 1 aliphatic rings. The third kappa shape index (κ3) is 3.44. The van der Waals surface area contributed by atoms with Crippen molar-refractivity contribution in [2.24, 2.45) is 0 Å². The lowest BCUT2D eigenvalue weighted by Gasteiger charge is -2.12. The highest BCUT2D eigenvalue weighted by Gasteiger charge is 2.20. The largest absolute Gasteiger partial charge is 0.380 e. The molecule has 6 nitrogen and oxygen atoms in total. The number of halogens is 1. The van der Waals surface area contributed by atoms with Crippen LogP contribution in [0.3, 0.4) is 0 Å². The molecule has 0 aliphatic carbocycles. The van der Waals surface area contributed by atoms with Gasteiger partial charge in [0.25, 0.3) is 5.91 Å². The number of rotatable bonds is 5. The number of hydrogen-bond acceptors (Lipinski definition) is 4. The molecule has 0 unspecified atom stereocenters. The maximum Gasteiger partial charge on any atom is 0.272 e. The van der Waals surface area contributed by atoms with Gasteiger partial charge in [0.15, 0.2) is 5.69 Å². The van der Waals surface area contributed by atoms with Gasteiger partial charge in [-0.25, -0.2) is 0 Å². The third-order valence-corrected chi connectivity index (χ3v) is 2.76. The van der Waals surface area contributed by atoms with Gasteiger partial charge in [0.1, 0.15) is 0 Å². The number of carbonyl (C=O) groups is 1. The van der Waals surface area contributed by atoms with Crippen molar-refractivity contribution < 1.29 is 9.53 Å². The summed E-state index contributed by atoms with van der Waals surface area (Å²) in [6, 6.07) is 0. The topological polar surface area (TPSA) is 79.0 Å². The van der Waals surface area contributed by atoms with Crippen LogP contribution in [0.1, 0.15) is 28.7 Å². The number of nitrogens with one attached hydrogen (secondary N) is 3. The van der Waals surface area contributed by atoms with E-state index in [0.717, 1.165) is 24.2 Å². The van der Waals surface area contributed by atoms with Gasteiger partial charge >= 0.3 is 0 Å². The van der Waals surface area contributed by atoms with Crippen molar-refractivity contribution in [3.63, 3.8) is 0 Å². The predicted molar refractivity (Wildman–Crippen MR) is 70.1 cm³/mol. The summed E-state index contributed by atoms with van der Waals surface area (Å²) >= 11 is 0. The molecule has 0 bridgehead atoms. The number of carbonyl (C=O) groups excluding carboxylic acids is 1. The van der Waals surface area contributed by atoms with E-state index in [0.29, 0.717) is 32.0 Å². The highest BCUT2D eigenvalue weighted by Crippen LogP contribution is 2.14. The average Bonchev–Trinajstić information content (AvgIpc) is 2.78. The second-order valence-corrected chi connectivity index (χ2v) is 3.91. The Morgan fingerprint density at radius 1 is 1.56 bits per heavy atom. The van der Waals surface area contributed by atoms with Crippen LogP contribution in [0.5, 0.6) is 0 Å². The molecule has 0 spiro atoms. The fourth-order valence-corrected chi connectivity index (χ4v) is 1.88. The number of ether oxygens (including phenoxy) is 1. The van der Waals surface area contributed by atoms with Crippen LogP contribution in [0, 0.1) is 0 Å². The molecule has 102 valence electrons. The molecule has 2 rings (SSSR count). The highest BCUT2D eigenvalue weighted by molar-refractivity contribution is 5.94. The molecule has 1 amide bonds. The van der Waals surface area contributed by atoms with E-state index in [-0.39, 0.29) is 18.3 Å². The van der Waals surface area contributed by atoms with Crippen LogP contribution in [0.25, 0.3) is 0 Å². The van der Waals surface area contributed by atoms with Crippen LogP contribution in [0.15, 0.2) is 0 Å². The molecule has 0 aromatic carbocycles. The van der Waals surface area contributed by atoms with Crippen molar-refractivity contribution in [2.45, 2.75) is 19.9 Å². The molecule has 7 heteroatoms.